The molecule has 0 bridgehead atoms. The van der Waals surface area contributed by atoms with Gasteiger partial charge in [-0.1, -0.05) is 12.1 Å². The number of fused-ring (bicyclic) bond motifs is 1. The summed E-state index contributed by atoms with van der Waals surface area (Å²) in [6.45, 7) is 0.853. The molecule has 3 aromatic rings. The third kappa shape index (κ3) is 2.76. The summed E-state index contributed by atoms with van der Waals surface area (Å²) in [7, 11) is 1.87. The average molecular weight is 284 g/mol. The lowest BCUT2D eigenvalue weighted by atomic mass is 10.3. The summed E-state index contributed by atoms with van der Waals surface area (Å²) in [4.78, 5) is 11.8. The highest BCUT2D eigenvalue weighted by atomic mass is 16.5. The molecule has 0 aliphatic heterocycles. The van der Waals surface area contributed by atoms with Crippen molar-refractivity contribution < 1.29 is 9.15 Å². The predicted molar refractivity (Wildman–Crippen MR) is 82.0 cm³/mol. The summed E-state index contributed by atoms with van der Waals surface area (Å²) in [6.07, 6.45) is 0. The van der Waals surface area contributed by atoms with E-state index in [9.17, 15) is 4.79 Å². The van der Waals surface area contributed by atoms with Gasteiger partial charge in [-0.15, -0.1) is 0 Å². The third-order valence-electron chi connectivity index (χ3n) is 3.30. The molecule has 108 valence electrons. The number of oxazole rings is 1. The Bertz CT molecular complexity index is 787. The number of para-hydroxylation sites is 2. The fourth-order valence-corrected chi connectivity index (χ4v) is 2.20. The molecule has 1 aromatic heterocycles. The minimum Gasteiger partial charge on any atom is -0.492 e. The van der Waals surface area contributed by atoms with Gasteiger partial charge in [0.2, 0.25) is 0 Å². The molecule has 0 saturated carbocycles. The van der Waals surface area contributed by atoms with E-state index in [1.54, 1.807) is 10.6 Å². The summed E-state index contributed by atoms with van der Waals surface area (Å²) < 4.78 is 12.4. The number of nitrogens with zero attached hydrogens (tertiary/aromatic N) is 1. The summed E-state index contributed by atoms with van der Waals surface area (Å²) in [5.74, 6) is 0.417. The van der Waals surface area contributed by atoms with Crippen LogP contribution in [0.5, 0.6) is 5.75 Å². The predicted octanol–water partition coefficient (Wildman–Crippen LogP) is 2.72. The molecule has 21 heavy (non-hydrogen) atoms. The second-order valence-corrected chi connectivity index (χ2v) is 4.61. The highest BCUT2D eigenvalue weighted by Gasteiger charge is 2.07. The van der Waals surface area contributed by atoms with Crippen LogP contribution in [0.1, 0.15) is 0 Å². The van der Waals surface area contributed by atoms with E-state index >= 15 is 0 Å². The Morgan fingerprint density at radius 3 is 2.67 bits per heavy atom. The Hall–Kier alpha value is -2.69. The second-order valence-electron chi connectivity index (χ2n) is 4.61. The van der Waals surface area contributed by atoms with Crippen LogP contribution in [-0.4, -0.2) is 18.2 Å². The molecule has 0 saturated heterocycles. The summed E-state index contributed by atoms with van der Waals surface area (Å²) in [5.41, 5.74) is 2.41. The first-order valence-corrected chi connectivity index (χ1v) is 6.77. The van der Waals surface area contributed by atoms with E-state index in [-0.39, 0.29) is 5.76 Å². The number of ether oxygens (including phenoxy) is 1. The van der Waals surface area contributed by atoms with E-state index in [1.165, 1.54) is 0 Å². The van der Waals surface area contributed by atoms with Crippen molar-refractivity contribution in [3.05, 3.63) is 59.1 Å². The van der Waals surface area contributed by atoms with Crippen molar-refractivity contribution in [3.63, 3.8) is 0 Å². The van der Waals surface area contributed by atoms with Crippen molar-refractivity contribution in [2.24, 2.45) is 0 Å². The van der Waals surface area contributed by atoms with Gasteiger partial charge in [-0.2, -0.15) is 0 Å². The standard InChI is InChI=1S/C16H16N2O3/c1-17-12-6-8-13(9-7-12)20-11-10-18-14-4-2-3-5-15(14)21-16(18)19/h2-9,17H,10-11H2,1H3. The minimum atomic E-state index is -0.356. The van der Waals surface area contributed by atoms with Crippen molar-refractivity contribution in [3.8, 4) is 5.75 Å². The van der Waals surface area contributed by atoms with Gasteiger partial charge >= 0.3 is 5.76 Å². The number of hydrogen-bond acceptors (Lipinski definition) is 4. The van der Waals surface area contributed by atoms with E-state index < -0.39 is 0 Å². The maximum absolute atomic E-state index is 11.8. The topological polar surface area (TPSA) is 56.4 Å². The zero-order chi connectivity index (χ0) is 14.7. The Kier molecular flexibility index (Phi) is 3.64. The fourth-order valence-electron chi connectivity index (χ4n) is 2.20. The van der Waals surface area contributed by atoms with Gasteiger partial charge in [-0.25, -0.2) is 4.79 Å². The lowest BCUT2D eigenvalue weighted by Crippen LogP contribution is -2.18. The molecule has 0 aliphatic carbocycles. The number of nitrogens with one attached hydrogen (secondary N) is 1. The lowest BCUT2D eigenvalue weighted by molar-refractivity contribution is 0.294. The van der Waals surface area contributed by atoms with Crippen molar-refractivity contribution in [1.82, 2.24) is 4.57 Å². The van der Waals surface area contributed by atoms with Crippen LogP contribution < -0.4 is 15.8 Å². The van der Waals surface area contributed by atoms with Gasteiger partial charge in [-0.3, -0.25) is 4.57 Å². The molecular weight excluding hydrogens is 268 g/mol. The molecule has 0 unspecified atom stereocenters. The van der Waals surface area contributed by atoms with Crippen LogP contribution in [0.2, 0.25) is 0 Å². The molecule has 2 aromatic carbocycles. The first-order valence-electron chi connectivity index (χ1n) is 6.77. The van der Waals surface area contributed by atoms with E-state index in [0.717, 1.165) is 17.0 Å². The van der Waals surface area contributed by atoms with E-state index in [2.05, 4.69) is 5.32 Å². The zero-order valence-corrected chi connectivity index (χ0v) is 11.7. The van der Waals surface area contributed by atoms with Gasteiger partial charge in [0.05, 0.1) is 12.1 Å². The molecule has 5 heteroatoms. The number of benzene rings is 2. The number of anilines is 1. The molecule has 3 rings (SSSR count). The van der Waals surface area contributed by atoms with Crippen LogP contribution in [-0.2, 0) is 6.54 Å². The minimum absolute atomic E-state index is 0.356. The van der Waals surface area contributed by atoms with Crippen molar-refractivity contribution in [2.45, 2.75) is 6.54 Å². The molecular formula is C16H16N2O3. The maximum atomic E-state index is 11.8. The maximum Gasteiger partial charge on any atom is 0.420 e. The molecule has 0 radical (unpaired) electrons. The Morgan fingerprint density at radius 2 is 1.90 bits per heavy atom. The SMILES string of the molecule is CNc1ccc(OCCn2c(=O)oc3ccccc32)cc1. The van der Waals surface area contributed by atoms with Gasteiger partial charge < -0.3 is 14.5 Å². The van der Waals surface area contributed by atoms with Crippen LogP contribution >= 0.6 is 0 Å². The Labute approximate surface area is 121 Å². The van der Waals surface area contributed by atoms with E-state index in [4.69, 9.17) is 9.15 Å². The van der Waals surface area contributed by atoms with Crippen molar-refractivity contribution in [1.29, 1.82) is 0 Å². The molecule has 0 atom stereocenters. The Morgan fingerprint density at radius 1 is 1.14 bits per heavy atom. The van der Waals surface area contributed by atoms with Crippen LogP contribution in [0.4, 0.5) is 5.69 Å². The highest BCUT2D eigenvalue weighted by Crippen LogP contribution is 2.15. The van der Waals surface area contributed by atoms with Crippen molar-refractivity contribution in [2.75, 3.05) is 19.0 Å². The van der Waals surface area contributed by atoms with Crippen LogP contribution in [0, 0.1) is 0 Å². The van der Waals surface area contributed by atoms with Gasteiger partial charge in [0.15, 0.2) is 5.58 Å². The van der Waals surface area contributed by atoms with E-state index in [1.807, 2.05) is 49.5 Å². The second kappa shape index (κ2) is 5.75. The normalized spacial score (nSPS) is 10.7. The first-order chi connectivity index (χ1) is 10.3. The molecule has 1 heterocycles. The molecule has 5 nitrogen and oxygen atoms in total. The quantitative estimate of drug-likeness (QED) is 0.782. The largest absolute Gasteiger partial charge is 0.492 e. The highest BCUT2D eigenvalue weighted by molar-refractivity contribution is 5.72. The van der Waals surface area contributed by atoms with Gasteiger partial charge in [-0.05, 0) is 36.4 Å². The molecule has 0 aliphatic rings. The molecule has 1 N–H and O–H groups in total. The fraction of sp³-hybridized carbons (Fsp3) is 0.188. The summed E-state index contributed by atoms with van der Waals surface area (Å²) in [6, 6.07) is 15.0. The number of rotatable bonds is 5. The van der Waals surface area contributed by atoms with Gasteiger partial charge in [0.1, 0.15) is 12.4 Å². The molecule has 0 amide bonds. The van der Waals surface area contributed by atoms with Gasteiger partial charge in [0.25, 0.3) is 0 Å². The smallest absolute Gasteiger partial charge is 0.420 e. The molecule has 0 fully saturated rings. The lowest BCUT2D eigenvalue weighted by Gasteiger charge is -2.07. The monoisotopic (exact) mass is 284 g/mol. The molecule has 0 spiro atoms. The number of hydrogen-bond donors (Lipinski definition) is 1. The average Bonchev–Trinajstić information content (AvgIpc) is 2.84. The zero-order valence-electron chi connectivity index (χ0n) is 11.7. The van der Waals surface area contributed by atoms with E-state index in [0.29, 0.717) is 18.7 Å². The van der Waals surface area contributed by atoms with Crippen LogP contribution in [0.15, 0.2) is 57.7 Å². The van der Waals surface area contributed by atoms with Crippen LogP contribution in [0.3, 0.4) is 0 Å². The number of aromatic nitrogens is 1. The van der Waals surface area contributed by atoms with Crippen molar-refractivity contribution >= 4 is 16.8 Å². The van der Waals surface area contributed by atoms with Gasteiger partial charge in [0, 0.05) is 12.7 Å². The van der Waals surface area contributed by atoms with Crippen LogP contribution in [0.25, 0.3) is 11.1 Å². The first kappa shape index (κ1) is 13.3. The summed E-state index contributed by atoms with van der Waals surface area (Å²) >= 11 is 0. The summed E-state index contributed by atoms with van der Waals surface area (Å²) in [5, 5.41) is 3.05. The third-order valence-corrected chi connectivity index (χ3v) is 3.30. The Balaban J connectivity index is 1.69.